The van der Waals surface area contributed by atoms with Crippen molar-refractivity contribution in [3.05, 3.63) is 69.0 Å². The van der Waals surface area contributed by atoms with Gasteiger partial charge in [0.25, 0.3) is 11.1 Å². The standard InChI is InChI=1S/C21H11Cl2N3O2S/c22-14-8-16-17(9-15(14)23)25-19(24-16)13-6-5-10(11-3-1-2-4-12(11)13)7-18-20(27)26-21(28)29-18/h1-9H,(H,24,25)(H,26,27,28). The first-order valence-corrected chi connectivity index (χ1v) is 10.2. The molecule has 0 saturated carbocycles. The molecule has 1 aliphatic heterocycles. The summed E-state index contributed by atoms with van der Waals surface area (Å²) >= 11 is 13.1. The number of imidazole rings is 1. The third-order valence-corrected chi connectivity index (χ3v) is 6.20. The Morgan fingerprint density at radius 1 is 0.966 bits per heavy atom. The Morgan fingerprint density at radius 2 is 1.72 bits per heavy atom. The van der Waals surface area contributed by atoms with Gasteiger partial charge in [-0.2, -0.15) is 0 Å². The summed E-state index contributed by atoms with van der Waals surface area (Å²) < 4.78 is 0. The quantitative estimate of drug-likeness (QED) is 0.374. The van der Waals surface area contributed by atoms with Gasteiger partial charge in [-0.1, -0.05) is 59.6 Å². The van der Waals surface area contributed by atoms with E-state index in [0.29, 0.717) is 20.8 Å². The van der Waals surface area contributed by atoms with Gasteiger partial charge in [-0.3, -0.25) is 14.9 Å². The molecule has 2 N–H and O–H groups in total. The van der Waals surface area contributed by atoms with Crippen molar-refractivity contribution in [1.82, 2.24) is 15.3 Å². The van der Waals surface area contributed by atoms with Crippen molar-refractivity contribution in [3.8, 4) is 11.4 Å². The highest BCUT2D eigenvalue weighted by Gasteiger charge is 2.25. The molecule has 2 amide bonds. The van der Waals surface area contributed by atoms with Gasteiger partial charge in [0, 0.05) is 5.56 Å². The number of benzene rings is 3. The molecule has 5 rings (SSSR count). The molecule has 1 fully saturated rings. The SMILES string of the molecule is O=C1NC(=O)C(=Cc2ccc(-c3nc4cc(Cl)c(Cl)cc4[nH]3)c3ccccc23)S1. The van der Waals surface area contributed by atoms with Crippen molar-refractivity contribution in [2.75, 3.05) is 0 Å². The molecule has 2 heterocycles. The number of imide groups is 1. The third kappa shape index (κ3) is 3.19. The lowest BCUT2D eigenvalue weighted by atomic mass is 9.99. The molecule has 0 atom stereocenters. The number of aromatic amines is 1. The van der Waals surface area contributed by atoms with Gasteiger partial charge in [0.1, 0.15) is 5.82 Å². The Kier molecular flexibility index (Phi) is 4.35. The molecule has 5 nitrogen and oxygen atoms in total. The molecule has 1 aromatic heterocycles. The summed E-state index contributed by atoms with van der Waals surface area (Å²) in [6.07, 6.45) is 1.73. The number of H-pyrrole nitrogens is 1. The second-order valence-corrected chi connectivity index (χ2v) is 8.30. The first kappa shape index (κ1) is 18.2. The van der Waals surface area contributed by atoms with Crippen LogP contribution >= 0.6 is 35.0 Å². The van der Waals surface area contributed by atoms with Crippen LogP contribution in [0.5, 0.6) is 0 Å². The number of halogens is 2. The highest BCUT2D eigenvalue weighted by molar-refractivity contribution is 8.18. The zero-order valence-electron chi connectivity index (χ0n) is 14.6. The van der Waals surface area contributed by atoms with Gasteiger partial charge < -0.3 is 4.98 Å². The minimum atomic E-state index is -0.376. The molecular weight excluding hydrogens is 429 g/mol. The summed E-state index contributed by atoms with van der Waals surface area (Å²) in [5.41, 5.74) is 3.27. The fraction of sp³-hybridized carbons (Fsp3) is 0. The number of carbonyl (C=O) groups excluding carboxylic acids is 2. The molecule has 0 bridgehead atoms. The lowest BCUT2D eigenvalue weighted by Gasteiger charge is -2.08. The van der Waals surface area contributed by atoms with Crippen molar-refractivity contribution >= 4 is 74.0 Å². The van der Waals surface area contributed by atoms with Crippen LogP contribution in [-0.2, 0) is 4.79 Å². The summed E-state index contributed by atoms with van der Waals surface area (Å²) in [4.78, 5) is 31.7. The van der Waals surface area contributed by atoms with E-state index in [0.717, 1.165) is 44.7 Å². The smallest absolute Gasteiger partial charge is 0.290 e. The zero-order valence-corrected chi connectivity index (χ0v) is 17.0. The molecule has 8 heteroatoms. The molecule has 3 aromatic carbocycles. The van der Waals surface area contributed by atoms with E-state index in [2.05, 4.69) is 15.3 Å². The summed E-state index contributed by atoms with van der Waals surface area (Å²) in [6, 6.07) is 15.2. The maximum atomic E-state index is 11.9. The van der Waals surface area contributed by atoms with Crippen LogP contribution in [0.25, 0.3) is 39.3 Å². The first-order valence-electron chi connectivity index (χ1n) is 8.61. The Hall–Kier alpha value is -2.80. The van der Waals surface area contributed by atoms with Crippen LogP contribution in [0.15, 0.2) is 53.4 Å². The Bertz CT molecular complexity index is 1340. The van der Waals surface area contributed by atoms with Gasteiger partial charge in [0.15, 0.2) is 0 Å². The zero-order chi connectivity index (χ0) is 20.1. The van der Waals surface area contributed by atoms with Crippen molar-refractivity contribution in [2.24, 2.45) is 0 Å². The van der Waals surface area contributed by atoms with Gasteiger partial charge in [-0.05, 0) is 46.3 Å². The van der Waals surface area contributed by atoms with E-state index in [1.165, 1.54) is 0 Å². The Balaban J connectivity index is 1.68. The highest BCUT2D eigenvalue weighted by atomic mass is 35.5. The Labute approximate surface area is 179 Å². The number of aromatic nitrogens is 2. The van der Waals surface area contributed by atoms with Crippen molar-refractivity contribution in [3.63, 3.8) is 0 Å². The fourth-order valence-corrected chi connectivity index (χ4v) is 4.34. The summed E-state index contributed by atoms with van der Waals surface area (Å²) in [6.45, 7) is 0. The lowest BCUT2D eigenvalue weighted by Crippen LogP contribution is -2.17. The van der Waals surface area contributed by atoms with Gasteiger partial charge in [-0.15, -0.1) is 0 Å². The maximum Gasteiger partial charge on any atom is 0.290 e. The second kappa shape index (κ2) is 6.91. The van der Waals surface area contributed by atoms with Crippen LogP contribution in [0.3, 0.4) is 0 Å². The maximum absolute atomic E-state index is 11.9. The largest absolute Gasteiger partial charge is 0.338 e. The number of nitrogens with zero attached hydrogens (tertiary/aromatic N) is 1. The number of hydrogen-bond donors (Lipinski definition) is 2. The minimum Gasteiger partial charge on any atom is -0.338 e. The van der Waals surface area contributed by atoms with E-state index in [1.807, 2.05) is 36.4 Å². The summed E-state index contributed by atoms with van der Waals surface area (Å²) in [5, 5.41) is 4.74. The molecule has 1 aliphatic rings. The van der Waals surface area contributed by atoms with Crippen molar-refractivity contribution in [1.29, 1.82) is 0 Å². The first-order chi connectivity index (χ1) is 14.0. The average molecular weight is 440 g/mol. The number of carbonyl (C=O) groups is 2. The number of nitrogens with one attached hydrogen (secondary N) is 2. The minimum absolute atomic E-state index is 0.359. The summed E-state index contributed by atoms with van der Waals surface area (Å²) in [7, 11) is 0. The van der Waals surface area contributed by atoms with E-state index in [1.54, 1.807) is 18.2 Å². The normalized spacial score (nSPS) is 15.6. The molecule has 142 valence electrons. The average Bonchev–Trinajstić information content (AvgIpc) is 3.24. The van der Waals surface area contributed by atoms with Crippen LogP contribution in [0.1, 0.15) is 5.56 Å². The second-order valence-electron chi connectivity index (χ2n) is 6.47. The van der Waals surface area contributed by atoms with Gasteiger partial charge >= 0.3 is 0 Å². The molecule has 0 aliphatic carbocycles. The monoisotopic (exact) mass is 439 g/mol. The van der Waals surface area contributed by atoms with Gasteiger partial charge in [0.2, 0.25) is 0 Å². The number of fused-ring (bicyclic) bond motifs is 2. The van der Waals surface area contributed by atoms with Crippen LogP contribution in [0, 0.1) is 0 Å². The van der Waals surface area contributed by atoms with Gasteiger partial charge in [-0.25, -0.2) is 4.98 Å². The van der Waals surface area contributed by atoms with E-state index < -0.39 is 0 Å². The highest BCUT2D eigenvalue weighted by Crippen LogP contribution is 2.34. The fourth-order valence-electron chi connectivity index (χ4n) is 3.35. The van der Waals surface area contributed by atoms with Crippen molar-refractivity contribution < 1.29 is 9.59 Å². The van der Waals surface area contributed by atoms with Crippen molar-refractivity contribution in [2.45, 2.75) is 0 Å². The van der Waals surface area contributed by atoms with E-state index in [9.17, 15) is 9.59 Å². The lowest BCUT2D eigenvalue weighted by molar-refractivity contribution is -0.115. The van der Waals surface area contributed by atoms with Crippen LogP contribution in [-0.4, -0.2) is 21.1 Å². The van der Waals surface area contributed by atoms with Crippen LogP contribution in [0.4, 0.5) is 4.79 Å². The summed E-state index contributed by atoms with van der Waals surface area (Å²) in [5.74, 6) is 0.316. The molecule has 0 spiro atoms. The van der Waals surface area contributed by atoms with Crippen LogP contribution in [0.2, 0.25) is 10.0 Å². The predicted molar refractivity (Wildman–Crippen MR) is 118 cm³/mol. The van der Waals surface area contributed by atoms with E-state index in [-0.39, 0.29) is 11.1 Å². The Morgan fingerprint density at radius 3 is 2.48 bits per heavy atom. The molecule has 1 saturated heterocycles. The third-order valence-electron chi connectivity index (χ3n) is 4.67. The number of hydrogen-bond acceptors (Lipinski definition) is 4. The van der Waals surface area contributed by atoms with E-state index in [4.69, 9.17) is 23.2 Å². The number of rotatable bonds is 2. The molecule has 0 unspecified atom stereocenters. The van der Waals surface area contributed by atoms with E-state index >= 15 is 0 Å². The van der Waals surface area contributed by atoms with Gasteiger partial charge in [0.05, 0.1) is 26.0 Å². The molecule has 0 radical (unpaired) electrons. The topological polar surface area (TPSA) is 74.8 Å². The number of amides is 2. The van der Waals surface area contributed by atoms with Crippen LogP contribution < -0.4 is 5.32 Å². The molecular formula is C21H11Cl2N3O2S. The molecule has 4 aromatic rings. The number of thioether (sulfide) groups is 1. The molecule has 29 heavy (non-hydrogen) atoms. The predicted octanol–water partition coefficient (Wildman–Crippen LogP) is 6.01.